The summed E-state index contributed by atoms with van der Waals surface area (Å²) in [5.41, 5.74) is 0.747. The minimum atomic E-state index is -1.76. The zero-order valence-electron chi connectivity index (χ0n) is 9.91. The maximum absolute atomic E-state index is 11.1. The van der Waals surface area contributed by atoms with Crippen molar-refractivity contribution in [1.82, 2.24) is 0 Å². The van der Waals surface area contributed by atoms with Gasteiger partial charge in [-0.1, -0.05) is 30.3 Å². The van der Waals surface area contributed by atoms with Crippen LogP contribution < -0.4 is 0 Å². The Morgan fingerprint density at radius 2 is 2.00 bits per heavy atom. The van der Waals surface area contributed by atoms with Crippen molar-refractivity contribution in [1.29, 1.82) is 0 Å². The van der Waals surface area contributed by atoms with Crippen molar-refractivity contribution in [3.05, 3.63) is 59.9 Å². The molecule has 2 atom stereocenters. The van der Waals surface area contributed by atoms with Crippen LogP contribution in [0.15, 0.2) is 54.3 Å². The molecule has 1 aromatic carbocycles. The molecule has 1 aliphatic rings. The maximum Gasteiger partial charge on any atom is 0.305 e. The summed E-state index contributed by atoms with van der Waals surface area (Å²) in [5, 5.41) is 19.9. The second-order valence-electron chi connectivity index (χ2n) is 4.16. The molecule has 4 heteroatoms. The average molecular weight is 246 g/mol. The number of esters is 1. The second-order valence-corrected chi connectivity index (χ2v) is 4.16. The molecule has 2 unspecified atom stereocenters. The minimum Gasteiger partial charge on any atom is -0.508 e. The number of carbonyl (C=O) groups is 1. The summed E-state index contributed by atoms with van der Waals surface area (Å²) in [5.74, 6) is -2.95. The SMILES string of the molecule is CC(=O)OC1(O)C=CC(O)=CC1c1ccccc1. The van der Waals surface area contributed by atoms with Gasteiger partial charge in [-0.25, -0.2) is 0 Å². The zero-order chi connectivity index (χ0) is 13.2. The summed E-state index contributed by atoms with van der Waals surface area (Å²) < 4.78 is 4.97. The van der Waals surface area contributed by atoms with E-state index in [0.29, 0.717) is 0 Å². The number of hydrogen-bond acceptors (Lipinski definition) is 4. The van der Waals surface area contributed by atoms with Crippen molar-refractivity contribution in [2.45, 2.75) is 18.6 Å². The van der Waals surface area contributed by atoms with Crippen LogP contribution in [0.2, 0.25) is 0 Å². The van der Waals surface area contributed by atoms with Crippen LogP contribution in [-0.4, -0.2) is 22.0 Å². The molecular formula is C14H14O4. The molecule has 18 heavy (non-hydrogen) atoms. The highest BCUT2D eigenvalue weighted by Gasteiger charge is 2.39. The van der Waals surface area contributed by atoms with E-state index in [0.717, 1.165) is 5.56 Å². The predicted octanol–water partition coefficient (Wildman–Crippen LogP) is 2.03. The molecule has 0 saturated carbocycles. The Hall–Kier alpha value is -2.07. The van der Waals surface area contributed by atoms with Crippen LogP contribution in [0.4, 0.5) is 0 Å². The first-order valence-corrected chi connectivity index (χ1v) is 5.58. The first-order chi connectivity index (χ1) is 8.51. The maximum atomic E-state index is 11.1. The molecule has 0 heterocycles. The molecule has 2 N–H and O–H groups in total. The highest BCUT2D eigenvalue weighted by atomic mass is 16.7. The van der Waals surface area contributed by atoms with Gasteiger partial charge in [-0.3, -0.25) is 4.79 Å². The highest BCUT2D eigenvalue weighted by molar-refractivity contribution is 5.67. The molecule has 94 valence electrons. The van der Waals surface area contributed by atoms with E-state index in [1.54, 1.807) is 12.1 Å². The van der Waals surface area contributed by atoms with E-state index in [4.69, 9.17) is 4.74 Å². The van der Waals surface area contributed by atoms with Gasteiger partial charge in [-0.15, -0.1) is 0 Å². The third-order valence-corrected chi connectivity index (χ3v) is 2.74. The molecular weight excluding hydrogens is 232 g/mol. The van der Waals surface area contributed by atoms with Crippen molar-refractivity contribution in [3.63, 3.8) is 0 Å². The Balaban J connectivity index is 2.40. The van der Waals surface area contributed by atoms with Crippen LogP contribution >= 0.6 is 0 Å². The Morgan fingerprint density at radius 1 is 1.33 bits per heavy atom. The van der Waals surface area contributed by atoms with Gasteiger partial charge in [0.25, 0.3) is 0 Å². The monoisotopic (exact) mass is 246 g/mol. The number of hydrogen-bond donors (Lipinski definition) is 2. The van der Waals surface area contributed by atoms with Gasteiger partial charge >= 0.3 is 5.97 Å². The van der Waals surface area contributed by atoms with E-state index < -0.39 is 17.7 Å². The molecule has 0 bridgehead atoms. The number of benzene rings is 1. The van der Waals surface area contributed by atoms with Crippen LogP contribution in [0.1, 0.15) is 18.4 Å². The third kappa shape index (κ3) is 2.43. The van der Waals surface area contributed by atoms with Gasteiger partial charge < -0.3 is 14.9 Å². The molecule has 2 rings (SSSR count). The fourth-order valence-corrected chi connectivity index (χ4v) is 1.98. The van der Waals surface area contributed by atoms with Gasteiger partial charge in [0.15, 0.2) is 0 Å². The standard InChI is InChI=1S/C14H14O4/c1-10(15)18-14(17)8-7-12(16)9-13(14)11-5-3-2-4-6-11/h2-9,13,16-17H,1H3. The average Bonchev–Trinajstić information content (AvgIpc) is 2.33. The highest BCUT2D eigenvalue weighted by Crippen LogP contribution is 2.36. The van der Waals surface area contributed by atoms with Crippen molar-refractivity contribution in [3.8, 4) is 0 Å². The number of allylic oxidation sites excluding steroid dienone is 1. The third-order valence-electron chi connectivity index (χ3n) is 2.74. The summed E-state index contributed by atoms with van der Waals surface area (Å²) in [7, 11) is 0. The quantitative estimate of drug-likeness (QED) is 0.619. The van der Waals surface area contributed by atoms with Gasteiger partial charge in [-0.05, 0) is 23.8 Å². The Labute approximate surface area is 105 Å². The number of aliphatic hydroxyl groups excluding tert-OH is 1. The summed E-state index contributed by atoms with van der Waals surface area (Å²) in [6.07, 6.45) is 4.04. The summed E-state index contributed by atoms with van der Waals surface area (Å²) in [6.45, 7) is 1.23. The minimum absolute atomic E-state index is 0.0284. The van der Waals surface area contributed by atoms with Gasteiger partial charge in [0.1, 0.15) is 5.76 Å². The molecule has 0 saturated heterocycles. The smallest absolute Gasteiger partial charge is 0.305 e. The Kier molecular flexibility index (Phi) is 3.21. The van der Waals surface area contributed by atoms with Crippen molar-refractivity contribution in [2.75, 3.05) is 0 Å². The lowest BCUT2D eigenvalue weighted by Gasteiger charge is -2.33. The fraction of sp³-hybridized carbons (Fsp3) is 0.214. The number of rotatable bonds is 2. The lowest BCUT2D eigenvalue weighted by Crippen LogP contribution is -2.39. The molecule has 0 spiro atoms. The van der Waals surface area contributed by atoms with Crippen LogP contribution in [-0.2, 0) is 9.53 Å². The van der Waals surface area contributed by atoms with Crippen LogP contribution in [0.25, 0.3) is 0 Å². The van der Waals surface area contributed by atoms with Gasteiger partial charge in [0, 0.05) is 6.92 Å². The Morgan fingerprint density at radius 3 is 2.61 bits per heavy atom. The lowest BCUT2D eigenvalue weighted by molar-refractivity contribution is -0.192. The fourth-order valence-electron chi connectivity index (χ4n) is 1.98. The molecule has 0 fully saturated rings. The molecule has 1 aliphatic carbocycles. The topological polar surface area (TPSA) is 66.8 Å². The number of aliphatic hydroxyl groups is 2. The zero-order valence-corrected chi connectivity index (χ0v) is 9.91. The van der Waals surface area contributed by atoms with E-state index in [1.165, 1.54) is 25.2 Å². The summed E-state index contributed by atoms with van der Waals surface area (Å²) in [6, 6.07) is 9.06. The molecule has 0 amide bonds. The second kappa shape index (κ2) is 4.66. The molecule has 1 aromatic rings. The first kappa shape index (κ1) is 12.4. The lowest BCUT2D eigenvalue weighted by atomic mass is 9.86. The van der Waals surface area contributed by atoms with Crippen LogP contribution in [0.3, 0.4) is 0 Å². The molecule has 4 nitrogen and oxygen atoms in total. The van der Waals surface area contributed by atoms with Crippen molar-refractivity contribution >= 4 is 5.97 Å². The normalized spacial score (nSPS) is 26.6. The molecule has 0 aliphatic heterocycles. The van der Waals surface area contributed by atoms with Crippen molar-refractivity contribution in [2.24, 2.45) is 0 Å². The summed E-state index contributed by atoms with van der Waals surface area (Å²) in [4.78, 5) is 11.1. The van der Waals surface area contributed by atoms with Crippen LogP contribution in [0.5, 0.6) is 0 Å². The number of ether oxygens (including phenoxy) is 1. The predicted molar refractivity (Wildman–Crippen MR) is 65.8 cm³/mol. The van der Waals surface area contributed by atoms with E-state index in [9.17, 15) is 15.0 Å². The molecule has 0 aromatic heterocycles. The van der Waals surface area contributed by atoms with Crippen LogP contribution in [0, 0.1) is 0 Å². The summed E-state index contributed by atoms with van der Waals surface area (Å²) >= 11 is 0. The van der Waals surface area contributed by atoms with E-state index in [1.807, 2.05) is 18.2 Å². The molecule has 0 radical (unpaired) electrons. The van der Waals surface area contributed by atoms with E-state index in [-0.39, 0.29) is 5.76 Å². The van der Waals surface area contributed by atoms with Gasteiger partial charge in [0.05, 0.1) is 5.92 Å². The van der Waals surface area contributed by atoms with E-state index >= 15 is 0 Å². The first-order valence-electron chi connectivity index (χ1n) is 5.58. The van der Waals surface area contributed by atoms with E-state index in [2.05, 4.69) is 0 Å². The Bertz CT molecular complexity index is 504. The van der Waals surface area contributed by atoms with Crippen molar-refractivity contribution < 1.29 is 19.7 Å². The number of carbonyl (C=O) groups excluding carboxylic acids is 1. The largest absolute Gasteiger partial charge is 0.508 e. The van der Waals surface area contributed by atoms with Gasteiger partial charge in [0.2, 0.25) is 5.79 Å². The van der Waals surface area contributed by atoms with Gasteiger partial charge in [-0.2, -0.15) is 0 Å².